The lowest BCUT2D eigenvalue weighted by molar-refractivity contribution is -0.118. The summed E-state index contributed by atoms with van der Waals surface area (Å²) in [6.07, 6.45) is 1.96. The molecular weight excluding hydrogens is 316 g/mol. The van der Waals surface area contributed by atoms with Crippen molar-refractivity contribution < 1.29 is 4.79 Å². The molecule has 0 aromatic heterocycles. The van der Waals surface area contributed by atoms with Crippen LogP contribution in [-0.2, 0) is 10.2 Å². The third-order valence-electron chi connectivity index (χ3n) is 4.76. The lowest BCUT2D eigenvalue weighted by Crippen LogP contribution is -2.27. The summed E-state index contributed by atoms with van der Waals surface area (Å²) in [6, 6.07) is 9.20. The second-order valence-electron chi connectivity index (χ2n) is 7.64. The van der Waals surface area contributed by atoms with Gasteiger partial charge in [0, 0.05) is 24.4 Å². The summed E-state index contributed by atoms with van der Waals surface area (Å²) in [6.45, 7) is 12.6. The number of benzene rings is 1. The van der Waals surface area contributed by atoms with Crippen molar-refractivity contribution in [2.75, 3.05) is 18.8 Å². The molecule has 1 aromatic rings. The largest absolute Gasteiger partial charge is 0.346 e. The fraction of sp³-hybridized carbons (Fsp3) is 0.600. The van der Waals surface area contributed by atoms with E-state index >= 15 is 0 Å². The standard InChI is InChI=1S/C20H30N2OS/c1-6-22(14-23)12-11-15(2)18-13-24-19(21-18)16-7-9-17(10-8-16)20(3,4)5/h7-10,14-15,18H,6,11-13H2,1-5H3. The van der Waals surface area contributed by atoms with Crippen molar-refractivity contribution in [2.45, 2.75) is 52.5 Å². The summed E-state index contributed by atoms with van der Waals surface area (Å²) >= 11 is 1.86. The molecule has 24 heavy (non-hydrogen) atoms. The Balaban J connectivity index is 1.98. The van der Waals surface area contributed by atoms with Crippen LogP contribution in [0.15, 0.2) is 29.3 Å². The topological polar surface area (TPSA) is 32.7 Å². The van der Waals surface area contributed by atoms with E-state index in [0.717, 1.165) is 36.7 Å². The predicted octanol–water partition coefficient (Wildman–Crippen LogP) is 4.35. The van der Waals surface area contributed by atoms with Gasteiger partial charge in [-0.3, -0.25) is 9.79 Å². The highest BCUT2D eigenvalue weighted by atomic mass is 32.2. The molecule has 3 nitrogen and oxygen atoms in total. The van der Waals surface area contributed by atoms with Crippen LogP contribution in [0.2, 0.25) is 0 Å². The van der Waals surface area contributed by atoms with Crippen LogP contribution in [0, 0.1) is 5.92 Å². The average molecular weight is 347 g/mol. The predicted molar refractivity (Wildman–Crippen MR) is 105 cm³/mol. The molecule has 0 N–H and O–H groups in total. The first kappa shape index (κ1) is 19.0. The van der Waals surface area contributed by atoms with Crippen LogP contribution in [0.3, 0.4) is 0 Å². The van der Waals surface area contributed by atoms with Gasteiger partial charge in [0.1, 0.15) is 0 Å². The first-order chi connectivity index (χ1) is 11.3. The SMILES string of the molecule is CCN(C=O)CCC(C)C1CSC(c2ccc(C(C)(C)C)cc2)=N1. The maximum absolute atomic E-state index is 10.9. The van der Waals surface area contributed by atoms with Gasteiger partial charge in [-0.2, -0.15) is 0 Å². The van der Waals surface area contributed by atoms with E-state index in [1.165, 1.54) is 11.1 Å². The molecule has 0 radical (unpaired) electrons. The maximum atomic E-state index is 10.9. The molecule has 132 valence electrons. The van der Waals surface area contributed by atoms with E-state index in [0.29, 0.717) is 12.0 Å². The zero-order chi connectivity index (χ0) is 17.7. The van der Waals surface area contributed by atoms with Crippen LogP contribution in [-0.4, -0.2) is 41.2 Å². The fourth-order valence-electron chi connectivity index (χ4n) is 2.80. The molecule has 4 heteroatoms. The van der Waals surface area contributed by atoms with Crippen LogP contribution in [0.1, 0.15) is 52.2 Å². The zero-order valence-corrected chi connectivity index (χ0v) is 16.4. The van der Waals surface area contributed by atoms with Gasteiger partial charge in [-0.15, -0.1) is 11.8 Å². The molecule has 0 fully saturated rings. The molecule has 0 bridgehead atoms. The van der Waals surface area contributed by atoms with E-state index in [4.69, 9.17) is 4.99 Å². The Bertz CT molecular complexity index is 574. The number of aliphatic imine (C=N–C) groups is 1. The number of carbonyl (C=O) groups is 1. The normalized spacial score (nSPS) is 19.0. The van der Waals surface area contributed by atoms with E-state index in [1.54, 1.807) is 0 Å². The Labute approximate surface area is 150 Å². The molecule has 2 atom stereocenters. The van der Waals surface area contributed by atoms with Crippen molar-refractivity contribution in [3.63, 3.8) is 0 Å². The quantitative estimate of drug-likeness (QED) is 0.688. The van der Waals surface area contributed by atoms with Gasteiger partial charge in [0.15, 0.2) is 0 Å². The summed E-state index contributed by atoms with van der Waals surface area (Å²) in [5, 5.41) is 1.16. The highest BCUT2D eigenvalue weighted by Crippen LogP contribution is 2.30. The van der Waals surface area contributed by atoms with E-state index in [-0.39, 0.29) is 5.41 Å². The van der Waals surface area contributed by atoms with Gasteiger partial charge in [-0.05, 0) is 30.2 Å². The smallest absolute Gasteiger partial charge is 0.209 e. The minimum Gasteiger partial charge on any atom is -0.346 e. The molecule has 1 amide bonds. The molecule has 1 aliphatic rings. The van der Waals surface area contributed by atoms with E-state index in [1.807, 2.05) is 23.6 Å². The Morgan fingerprint density at radius 2 is 2.00 bits per heavy atom. The number of carbonyl (C=O) groups excluding carboxylic acids is 1. The van der Waals surface area contributed by atoms with Gasteiger partial charge in [0.05, 0.1) is 11.1 Å². The molecule has 0 aliphatic carbocycles. The highest BCUT2D eigenvalue weighted by Gasteiger charge is 2.25. The molecule has 1 heterocycles. The molecule has 2 rings (SSSR count). The van der Waals surface area contributed by atoms with Crippen LogP contribution >= 0.6 is 11.8 Å². The van der Waals surface area contributed by atoms with Gasteiger partial charge in [0.25, 0.3) is 0 Å². The summed E-state index contributed by atoms with van der Waals surface area (Å²) < 4.78 is 0. The van der Waals surface area contributed by atoms with Crippen molar-refractivity contribution in [1.29, 1.82) is 0 Å². The Hall–Kier alpha value is -1.29. The van der Waals surface area contributed by atoms with Gasteiger partial charge in [0.2, 0.25) is 6.41 Å². The molecule has 1 aromatic carbocycles. The molecule has 2 unspecified atom stereocenters. The number of nitrogens with zero attached hydrogens (tertiary/aromatic N) is 2. The number of rotatable bonds is 7. The lowest BCUT2D eigenvalue weighted by Gasteiger charge is -2.20. The van der Waals surface area contributed by atoms with Crippen molar-refractivity contribution >= 4 is 23.2 Å². The van der Waals surface area contributed by atoms with E-state index in [2.05, 4.69) is 52.0 Å². The van der Waals surface area contributed by atoms with Gasteiger partial charge in [-0.25, -0.2) is 0 Å². The molecule has 0 saturated carbocycles. The molecule has 1 aliphatic heterocycles. The third kappa shape index (κ3) is 4.85. The van der Waals surface area contributed by atoms with Crippen LogP contribution < -0.4 is 0 Å². The van der Waals surface area contributed by atoms with E-state index in [9.17, 15) is 4.79 Å². The van der Waals surface area contributed by atoms with Crippen LogP contribution in [0.4, 0.5) is 0 Å². The Kier molecular flexibility index (Phi) is 6.50. The number of hydrogen-bond acceptors (Lipinski definition) is 3. The Morgan fingerprint density at radius 1 is 1.33 bits per heavy atom. The number of amides is 1. The lowest BCUT2D eigenvalue weighted by atomic mass is 9.87. The summed E-state index contributed by atoms with van der Waals surface area (Å²) in [7, 11) is 0. The van der Waals surface area contributed by atoms with Crippen molar-refractivity contribution in [3.05, 3.63) is 35.4 Å². The molecule has 0 spiro atoms. The average Bonchev–Trinajstić information content (AvgIpc) is 3.05. The van der Waals surface area contributed by atoms with Crippen LogP contribution in [0.25, 0.3) is 0 Å². The summed E-state index contributed by atoms with van der Waals surface area (Å²) in [5.41, 5.74) is 2.77. The second-order valence-corrected chi connectivity index (χ2v) is 8.65. The molecule has 0 saturated heterocycles. The van der Waals surface area contributed by atoms with Crippen molar-refractivity contribution in [1.82, 2.24) is 4.90 Å². The second kappa shape index (κ2) is 8.19. The first-order valence-corrected chi connectivity index (χ1v) is 9.84. The molecular formula is C20H30N2OS. The summed E-state index contributed by atoms with van der Waals surface area (Å²) in [4.78, 5) is 17.7. The number of hydrogen-bond donors (Lipinski definition) is 0. The first-order valence-electron chi connectivity index (χ1n) is 8.86. The minimum atomic E-state index is 0.184. The number of thioether (sulfide) groups is 1. The zero-order valence-electron chi connectivity index (χ0n) is 15.6. The maximum Gasteiger partial charge on any atom is 0.209 e. The Morgan fingerprint density at radius 3 is 2.54 bits per heavy atom. The van der Waals surface area contributed by atoms with E-state index < -0.39 is 0 Å². The summed E-state index contributed by atoms with van der Waals surface area (Å²) in [5.74, 6) is 1.54. The van der Waals surface area contributed by atoms with Gasteiger partial charge < -0.3 is 4.90 Å². The minimum absolute atomic E-state index is 0.184. The van der Waals surface area contributed by atoms with Crippen LogP contribution in [0.5, 0.6) is 0 Å². The van der Waals surface area contributed by atoms with Gasteiger partial charge >= 0.3 is 0 Å². The third-order valence-corrected chi connectivity index (χ3v) is 5.88. The van der Waals surface area contributed by atoms with Crippen molar-refractivity contribution in [2.24, 2.45) is 10.9 Å². The monoisotopic (exact) mass is 346 g/mol. The fourth-order valence-corrected chi connectivity index (χ4v) is 4.04. The van der Waals surface area contributed by atoms with Crippen molar-refractivity contribution in [3.8, 4) is 0 Å². The highest BCUT2D eigenvalue weighted by molar-refractivity contribution is 8.14. The van der Waals surface area contributed by atoms with Gasteiger partial charge in [-0.1, -0.05) is 52.0 Å².